The van der Waals surface area contributed by atoms with Crippen LogP contribution >= 0.6 is 23.1 Å². The summed E-state index contributed by atoms with van der Waals surface area (Å²) in [6.07, 6.45) is 1.21. The first-order chi connectivity index (χ1) is 7.25. The third-order valence-corrected chi connectivity index (χ3v) is 3.49. The van der Waals surface area contributed by atoms with Crippen LogP contribution in [-0.4, -0.2) is 20.3 Å². The number of aliphatic hydroxyl groups is 1. The molecule has 0 fully saturated rings. The summed E-state index contributed by atoms with van der Waals surface area (Å²) in [5.74, 6) is 0. The second-order valence-corrected chi connectivity index (χ2v) is 5.06. The fourth-order valence-corrected chi connectivity index (χ4v) is 2.43. The Bertz CT molecular complexity index is 413. The Morgan fingerprint density at radius 1 is 1.47 bits per heavy atom. The molecular weight excluding hydrogens is 230 g/mol. The van der Waals surface area contributed by atoms with E-state index in [0.717, 1.165) is 9.24 Å². The van der Waals surface area contributed by atoms with Crippen molar-refractivity contribution in [2.24, 2.45) is 0 Å². The van der Waals surface area contributed by atoms with Crippen molar-refractivity contribution in [1.29, 1.82) is 0 Å². The Labute approximate surface area is 95.4 Å². The molecule has 1 atom stereocenters. The Kier molecular flexibility index (Phi) is 3.30. The molecule has 15 heavy (non-hydrogen) atoms. The quantitative estimate of drug-likeness (QED) is 0.889. The van der Waals surface area contributed by atoms with Gasteiger partial charge in [-0.3, -0.25) is 4.98 Å². The zero-order valence-corrected chi connectivity index (χ0v) is 9.63. The highest BCUT2D eigenvalue weighted by atomic mass is 32.2. The van der Waals surface area contributed by atoms with Crippen LogP contribution in [0.2, 0.25) is 0 Å². The molecule has 2 heterocycles. The van der Waals surface area contributed by atoms with Gasteiger partial charge in [-0.15, -0.1) is 10.2 Å². The average Bonchev–Trinajstić information content (AvgIpc) is 2.71. The van der Waals surface area contributed by atoms with Crippen LogP contribution in [0.25, 0.3) is 0 Å². The van der Waals surface area contributed by atoms with Crippen LogP contribution in [0.4, 0.5) is 0 Å². The van der Waals surface area contributed by atoms with Gasteiger partial charge >= 0.3 is 0 Å². The maximum absolute atomic E-state index is 9.28. The lowest BCUT2D eigenvalue weighted by atomic mass is 10.2. The molecule has 0 aromatic carbocycles. The molecule has 0 aliphatic rings. The van der Waals surface area contributed by atoms with E-state index >= 15 is 0 Å². The lowest BCUT2D eigenvalue weighted by Gasteiger charge is -2.03. The SMILES string of the molecule is C[C@H](O)c1ccc(Sc2nncs2)cn1. The van der Waals surface area contributed by atoms with E-state index in [-0.39, 0.29) is 0 Å². The van der Waals surface area contributed by atoms with E-state index in [1.807, 2.05) is 12.1 Å². The molecule has 0 saturated carbocycles. The van der Waals surface area contributed by atoms with E-state index in [1.165, 1.54) is 23.1 Å². The maximum Gasteiger partial charge on any atom is 0.178 e. The molecule has 2 rings (SSSR count). The van der Waals surface area contributed by atoms with Crippen LogP contribution in [0.15, 0.2) is 33.1 Å². The maximum atomic E-state index is 9.28. The molecule has 0 bridgehead atoms. The van der Waals surface area contributed by atoms with Crippen molar-refractivity contribution < 1.29 is 5.11 Å². The monoisotopic (exact) mass is 239 g/mol. The van der Waals surface area contributed by atoms with Gasteiger partial charge in [0.2, 0.25) is 0 Å². The van der Waals surface area contributed by atoms with Gasteiger partial charge in [0.25, 0.3) is 0 Å². The molecule has 0 unspecified atom stereocenters. The minimum absolute atomic E-state index is 0.523. The highest BCUT2D eigenvalue weighted by Crippen LogP contribution is 2.28. The minimum Gasteiger partial charge on any atom is -0.387 e. The topological polar surface area (TPSA) is 58.9 Å². The van der Waals surface area contributed by atoms with Crippen LogP contribution < -0.4 is 0 Å². The molecule has 6 heteroatoms. The van der Waals surface area contributed by atoms with Gasteiger partial charge in [-0.2, -0.15) is 0 Å². The van der Waals surface area contributed by atoms with Crippen LogP contribution in [-0.2, 0) is 0 Å². The van der Waals surface area contributed by atoms with Crippen molar-refractivity contribution in [3.63, 3.8) is 0 Å². The van der Waals surface area contributed by atoms with Crippen molar-refractivity contribution in [3.8, 4) is 0 Å². The summed E-state index contributed by atoms with van der Waals surface area (Å²) in [5.41, 5.74) is 2.37. The highest BCUT2D eigenvalue weighted by Gasteiger charge is 2.04. The van der Waals surface area contributed by atoms with Crippen molar-refractivity contribution in [3.05, 3.63) is 29.5 Å². The first kappa shape index (κ1) is 10.5. The van der Waals surface area contributed by atoms with Gasteiger partial charge in [-0.05, 0) is 19.1 Å². The van der Waals surface area contributed by atoms with Crippen molar-refractivity contribution in [1.82, 2.24) is 15.2 Å². The zero-order chi connectivity index (χ0) is 10.7. The summed E-state index contributed by atoms with van der Waals surface area (Å²) in [4.78, 5) is 5.14. The molecule has 78 valence electrons. The van der Waals surface area contributed by atoms with Gasteiger partial charge in [-0.1, -0.05) is 23.1 Å². The number of aromatic nitrogens is 3. The van der Waals surface area contributed by atoms with Gasteiger partial charge in [-0.25, -0.2) is 0 Å². The third kappa shape index (κ3) is 2.74. The zero-order valence-electron chi connectivity index (χ0n) is 7.99. The van der Waals surface area contributed by atoms with Gasteiger partial charge in [0.05, 0.1) is 11.8 Å². The predicted molar refractivity (Wildman–Crippen MR) is 58.9 cm³/mol. The molecule has 1 N–H and O–H groups in total. The fourth-order valence-electron chi connectivity index (χ4n) is 1.01. The summed E-state index contributed by atoms with van der Waals surface area (Å²) >= 11 is 3.01. The largest absolute Gasteiger partial charge is 0.387 e. The number of nitrogens with zero attached hydrogens (tertiary/aromatic N) is 3. The summed E-state index contributed by atoms with van der Waals surface area (Å²) in [6.45, 7) is 1.69. The molecule has 0 aliphatic carbocycles. The van der Waals surface area contributed by atoms with E-state index < -0.39 is 6.10 Å². The smallest absolute Gasteiger partial charge is 0.178 e. The Morgan fingerprint density at radius 3 is 2.87 bits per heavy atom. The lowest BCUT2D eigenvalue weighted by molar-refractivity contribution is 0.194. The number of pyridine rings is 1. The fraction of sp³-hybridized carbons (Fsp3) is 0.222. The molecule has 2 aromatic rings. The van der Waals surface area contributed by atoms with Gasteiger partial charge in [0, 0.05) is 11.1 Å². The van der Waals surface area contributed by atoms with E-state index in [2.05, 4.69) is 15.2 Å². The first-order valence-corrected chi connectivity index (χ1v) is 6.03. The van der Waals surface area contributed by atoms with E-state index in [1.54, 1.807) is 18.6 Å². The molecule has 0 spiro atoms. The Balaban J connectivity index is 2.11. The molecule has 0 radical (unpaired) electrons. The van der Waals surface area contributed by atoms with Crippen molar-refractivity contribution in [2.45, 2.75) is 22.3 Å². The molecule has 0 amide bonds. The van der Waals surface area contributed by atoms with Gasteiger partial charge in [0.1, 0.15) is 5.51 Å². The Morgan fingerprint density at radius 2 is 2.33 bits per heavy atom. The van der Waals surface area contributed by atoms with Gasteiger partial charge < -0.3 is 5.11 Å². The predicted octanol–water partition coefficient (Wildman–Crippen LogP) is 2.14. The summed E-state index contributed by atoms with van der Waals surface area (Å²) in [7, 11) is 0. The number of hydrogen-bond donors (Lipinski definition) is 1. The molecule has 0 aliphatic heterocycles. The van der Waals surface area contributed by atoms with E-state index in [9.17, 15) is 5.11 Å². The standard InChI is InChI=1S/C9H9N3OS2/c1-6(13)8-3-2-7(4-10-8)15-9-12-11-5-14-9/h2-6,13H,1H3/t6-/m0/s1. The second-order valence-electron chi connectivity index (χ2n) is 2.90. The van der Waals surface area contributed by atoms with E-state index in [0.29, 0.717) is 5.69 Å². The van der Waals surface area contributed by atoms with Crippen LogP contribution in [0.5, 0.6) is 0 Å². The summed E-state index contributed by atoms with van der Waals surface area (Å²) in [5, 5.41) is 17.0. The summed E-state index contributed by atoms with van der Waals surface area (Å²) in [6, 6.07) is 3.73. The van der Waals surface area contributed by atoms with Gasteiger partial charge in [0.15, 0.2) is 4.34 Å². The van der Waals surface area contributed by atoms with E-state index in [4.69, 9.17) is 0 Å². The van der Waals surface area contributed by atoms with Crippen LogP contribution in [0.3, 0.4) is 0 Å². The van der Waals surface area contributed by atoms with Crippen LogP contribution in [0, 0.1) is 0 Å². The summed E-state index contributed by atoms with van der Waals surface area (Å²) < 4.78 is 0.890. The third-order valence-electron chi connectivity index (χ3n) is 1.73. The number of rotatable bonds is 3. The highest BCUT2D eigenvalue weighted by molar-refractivity contribution is 8.01. The van der Waals surface area contributed by atoms with Crippen molar-refractivity contribution >= 4 is 23.1 Å². The molecule has 2 aromatic heterocycles. The molecule has 4 nitrogen and oxygen atoms in total. The lowest BCUT2D eigenvalue weighted by Crippen LogP contribution is -1.94. The molecule has 0 saturated heterocycles. The molecular formula is C9H9N3OS2. The first-order valence-electron chi connectivity index (χ1n) is 4.34. The number of aliphatic hydroxyl groups excluding tert-OH is 1. The Hall–Kier alpha value is -0.980. The second kappa shape index (κ2) is 4.69. The van der Waals surface area contributed by atoms with Crippen molar-refractivity contribution in [2.75, 3.05) is 0 Å². The van der Waals surface area contributed by atoms with Crippen LogP contribution in [0.1, 0.15) is 18.7 Å². The average molecular weight is 239 g/mol. The normalized spacial score (nSPS) is 12.7. The minimum atomic E-state index is -0.523. The number of hydrogen-bond acceptors (Lipinski definition) is 6.